The van der Waals surface area contributed by atoms with Crippen LogP contribution in [0.5, 0.6) is 0 Å². The third-order valence-corrected chi connectivity index (χ3v) is 5.20. The van der Waals surface area contributed by atoms with Gasteiger partial charge in [0.2, 0.25) is 0 Å². The summed E-state index contributed by atoms with van der Waals surface area (Å²) < 4.78 is 8.46. The number of hydrogen-bond acceptors (Lipinski definition) is 1. The molecule has 0 N–H and O–H groups in total. The van der Waals surface area contributed by atoms with Crippen LogP contribution in [0.25, 0.3) is 49.4 Å². The lowest BCUT2D eigenvalue weighted by molar-refractivity contribution is 0.669. The molecule has 0 radical (unpaired) electrons. The lowest BCUT2D eigenvalue weighted by atomic mass is 10.1. The summed E-state index contributed by atoms with van der Waals surface area (Å²) in [6.07, 6.45) is 0. The van der Waals surface area contributed by atoms with Gasteiger partial charge < -0.3 is 8.98 Å². The zero-order chi connectivity index (χ0) is 17.1. The molecule has 122 valence electrons. The SMILES string of the molecule is c1ccc2c(c1)oc1cccc(-n3c4ccccc4c4ccccc43)c12. The van der Waals surface area contributed by atoms with Crippen LogP contribution >= 0.6 is 0 Å². The number of nitrogens with zero attached hydrogens (tertiary/aromatic N) is 1. The Balaban J connectivity index is 1.87. The molecular formula is C24H15NO. The van der Waals surface area contributed by atoms with Gasteiger partial charge in [0, 0.05) is 16.2 Å². The average molecular weight is 333 g/mol. The first-order valence-electron chi connectivity index (χ1n) is 8.81. The predicted molar refractivity (Wildman–Crippen MR) is 108 cm³/mol. The Morgan fingerprint density at radius 3 is 1.81 bits per heavy atom. The molecule has 2 aromatic heterocycles. The second-order valence-corrected chi connectivity index (χ2v) is 6.62. The van der Waals surface area contributed by atoms with Crippen molar-refractivity contribution in [2.75, 3.05) is 0 Å². The molecule has 6 rings (SSSR count). The Hall–Kier alpha value is -3.52. The number of aromatic nitrogens is 1. The van der Waals surface area contributed by atoms with E-state index in [1.165, 1.54) is 21.8 Å². The minimum atomic E-state index is 0.922. The van der Waals surface area contributed by atoms with Crippen molar-refractivity contribution in [2.24, 2.45) is 0 Å². The summed E-state index contributed by atoms with van der Waals surface area (Å²) in [5.74, 6) is 0. The van der Waals surface area contributed by atoms with Crippen molar-refractivity contribution in [3.05, 3.63) is 91.0 Å². The Morgan fingerprint density at radius 1 is 0.500 bits per heavy atom. The fraction of sp³-hybridized carbons (Fsp3) is 0. The summed E-state index contributed by atoms with van der Waals surface area (Å²) in [7, 11) is 0. The maximum Gasteiger partial charge on any atom is 0.137 e. The largest absolute Gasteiger partial charge is 0.456 e. The topological polar surface area (TPSA) is 18.1 Å². The highest BCUT2D eigenvalue weighted by atomic mass is 16.3. The van der Waals surface area contributed by atoms with Gasteiger partial charge in [-0.2, -0.15) is 0 Å². The number of rotatable bonds is 1. The smallest absolute Gasteiger partial charge is 0.137 e. The van der Waals surface area contributed by atoms with E-state index in [9.17, 15) is 0 Å². The number of benzene rings is 4. The lowest BCUT2D eigenvalue weighted by Gasteiger charge is -2.09. The summed E-state index contributed by atoms with van der Waals surface area (Å²) in [5, 5.41) is 4.86. The van der Waals surface area contributed by atoms with E-state index in [2.05, 4.69) is 77.4 Å². The quantitative estimate of drug-likeness (QED) is 0.328. The molecule has 0 spiro atoms. The molecule has 0 bridgehead atoms. The second kappa shape index (κ2) is 4.99. The van der Waals surface area contributed by atoms with Crippen LogP contribution in [0.2, 0.25) is 0 Å². The first-order chi connectivity index (χ1) is 12.9. The van der Waals surface area contributed by atoms with E-state index in [0.29, 0.717) is 0 Å². The summed E-state index contributed by atoms with van der Waals surface area (Å²) >= 11 is 0. The van der Waals surface area contributed by atoms with Gasteiger partial charge in [0.05, 0.1) is 22.1 Å². The minimum absolute atomic E-state index is 0.922. The van der Waals surface area contributed by atoms with Gasteiger partial charge in [0.1, 0.15) is 11.2 Å². The Morgan fingerprint density at radius 2 is 1.08 bits per heavy atom. The van der Waals surface area contributed by atoms with Crippen molar-refractivity contribution in [1.29, 1.82) is 0 Å². The molecule has 2 heterocycles. The van der Waals surface area contributed by atoms with Crippen LogP contribution < -0.4 is 0 Å². The molecular weight excluding hydrogens is 318 g/mol. The van der Waals surface area contributed by atoms with Crippen molar-refractivity contribution in [3.63, 3.8) is 0 Å². The van der Waals surface area contributed by atoms with Crippen LogP contribution in [-0.4, -0.2) is 4.57 Å². The van der Waals surface area contributed by atoms with Crippen LogP contribution in [0.3, 0.4) is 0 Å². The Kier molecular flexibility index (Phi) is 2.64. The molecule has 0 amide bonds. The van der Waals surface area contributed by atoms with Gasteiger partial charge in [0.15, 0.2) is 0 Å². The van der Waals surface area contributed by atoms with Gasteiger partial charge >= 0.3 is 0 Å². The average Bonchev–Trinajstić information content (AvgIpc) is 3.24. The van der Waals surface area contributed by atoms with Gasteiger partial charge in [-0.3, -0.25) is 0 Å². The minimum Gasteiger partial charge on any atom is -0.456 e. The molecule has 2 nitrogen and oxygen atoms in total. The van der Waals surface area contributed by atoms with E-state index in [1.807, 2.05) is 18.2 Å². The first kappa shape index (κ1) is 13.7. The zero-order valence-corrected chi connectivity index (χ0v) is 14.0. The summed E-state index contributed by atoms with van der Waals surface area (Å²) in [5.41, 5.74) is 5.43. The van der Waals surface area contributed by atoms with Crippen molar-refractivity contribution >= 4 is 43.7 Å². The molecule has 0 saturated carbocycles. The third kappa shape index (κ3) is 1.71. The number of fused-ring (bicyclic) bond motifs is 6. The van der Waals surface area contributed by atoms with Crippen LogP contribution in [0, 0.1) is 0 Å². The zero-order valence-electron chi connectivity index (χ0n) is 14.0. The van der Waals surface area contributed by atoms with Crippen LogP contribution in [-0.2, 0) is 0 Å². The number of para-hydroxylation sites is 3. The molecule has 0 aliphatic carbocycles. The van der Waals surface area contributed by atoms with Gasteiger partial charge in [-0.15, -0.1) is 0 Å². The van der Waals surface area contributed by atoms with Crippen molar-refractivity contribution in [3.8, 4) is 5.69 Å². The summed E-state index contributed by atoms with van der Waals surface area (Å²) in [6.45, 7) is 0. The van der Waals surface area contributed by atoms with Crippen molar-refractivity contribution in [1.82, 2.24) is 4.57 Å². The maximum atomic E-state index is 6.10. The molecule has 0 aliphatic rings. The van der Waals surface area contributed by atoms with E-state index in [1.54, 1.807) is 0 Å². The normalized spacial score (nSPS) is 11.8. The van der Waals surface area contributed by atoms with E-state index in [-0.39, 0.29) is 0 Å². The van der Waals surface area contributed by atoms with E-state index < -0.39 is 0 Å². The van der Waals surface area contributed by atoms with Gasteiger partial charge in [-0.25, -0.2) is 0 Å². The molecule has 26 heavy (non-hydrogen) atoms. The van der Waals surface area contributed by atoms with E-state index in [4.69, 9.17) is 4.42 Å². The monoisotopic (exact) mass is 333 g/mol. The molecule has 0 fully saturated rings. The first-order valence-corrected chi connectivity index (χ1v) is 8.81. The van der Waals surface area contributed by atoms with Crippen molar-refractivity contribution in [2.45, 2.75) is 0 Å². The highest BCUT2D eigenvalue weighted by Gasteiger charge is 2.16. The van der Waals surface area contributed by atoms with Crippen LogP contribution in [0.15, 0.2) is 95.4 Å². The van der Waals surface area contributed by atoms with E-state index in [0.717, 1.165) is 27.6 Å². The maximum absolute atomic E-state index is 6.10. The van der Waals surface area contributed by atoms with Crippen LogP contribution in [0.1, 0.15) is 0 Å². The molecule has 6 aromatic rings. The number of furan rings is 1. The summed E-state index contributed by atoms with van der Waals surface area (Å²) in [6, 6.07) is 31.8. The highest BCUT2D eigenvalue weighted by molar-refractivity contribution is 6.14. The number of hydrogen-bond donors (Lipinski definition) is 0. The molecule has 2 heteroatoms. The predicted octanol–water partition coefficient (Wildman–Crippen LogP) is 6.68. The van der Waals surface area contributed by atoms with E-state index >= 15 is 0 Å². The second-order valence-electron chi connectivity index (χ2n) is 6.62. The van der Waals surface area contributed by atoms with Gasteiger partial charge in [-0.1, -0.05) is 60.7 Å². The van der Waals surface area contributed by atoms with Gasteiger partial charge in [-0.05, 0) is 30.3 Å². The lowest BCUT2D eigenvalue weighted by Crippen LogP contribution is -1.94. The third-order valence-electron chi connectivity index (χ3n) is 5.20. The molecule has 0 aliphatic heterocycles. The fourth-order valence-corrected chi connectivity index (χ4v) is 4.12. The van der Waals surface area contributed by atoms with Crippen molar-refractivity contribution < 1.29 is 4.42 Å². The van der Waals surface area contributed by atoms with Crippen LogP contribution in [0.4, 0.5) is 0 Å². The molecule has 0 saturated heterocycles. The highest BCUT2D eigenvalue weighted by Crippen LogP contribution is 2.38. The molecule has 4 aromatic carbocycles. The fourth-order valence-electron chi connectivity index (χ4n) is 4.12. The Labute approximate surface area is 149 Å². The molecule has 0 unspecified atom stereocenters. The van der Waals surface area contributed by atoms with Gasteiger partial charge in [0.25, 0.3) is 0 Å². The standard InChI is InChI=1S/C24H15NO/c1-4-11-19-16(8-1)17-9-2-5-12-20(17)25(19)21-13-7-15-23-24(21)18-10-3-6-14-22(18)26-23/h1-15H. The Bertz CT molecular complexity index is 1380. The summed E-state index contributed by atoms with van der Waals surface area (Å²) in [4.78, 5) is 0. The molecule has 0 atom stereocenters.